The van der Waals surface area contributed by atoms with Crippen molar-refractivity contribution >= 4 is 40.9 Å². The molecular weight excluding hydrogens is 424 g/mol. The number of fused-ring (bicyclic) bond motifs is 1. The first kappa shape index (κ1) is 21.6. The standard InChI is InChI=1S/C25H22N2O4S/c1-16-13-17-7-2-5-12-22(17)27(16)23(28)15-32-19-9-6-8-18(14-19)26-24(29)20-10-3-4-11-21(20)25(30)31/h2-12,14,16H,13,15H2,1H3,(H,26,29)(H,30,31). The Morgan fingerprint density at radius 3 is 2.50 bits per heavy atom. The summed E-state index contributed by atoms with van der Waals surface area (Å²) in [5, 5.41) is 12.0. The minimum absolute atomic E-state index is 0.0391. The maximum Gasteiger partial charge on any atom is 0.336 e. The summed E-state index contributed by atoms with van der Waals surface area (Å²) in [7, 11) is 0. The third-order valence-corrected chi connectivity index (χ3v) is 6.31. The summed E-state index contributed by atoms with van der Waals surface area (Å²) in [6, 6.07) is 21.3. The first-order valence-electron chi connectivity index (χ1n) is 10.2. The fourth-order valence-corrected chi connectivity index (χ4v) is 4.70. The molecule has 2 N–H and O–H groups in total. The van der Waals surface area contributed by atoms with Crippen LogP contribution in [-0.4, -0.2) is 34.7 Å². The number of hydrogen-bond acceptors (Lipinski definition) is 4. The van der Waals surface area contributed by atoms with Crippen molar-refractivity contribution in [2.45, 2.75) is 24.3 Å². The molecule has 1 aliphatic rings. The van der Waals surface area contributed by atoms with Crippen LogP contribution in [0.4, 0.5) is 11.4 Å². The molecule has 0 saturated heterocycles. The van der Waals surface area contributed by atoms with Crippen molar-refractivity contribution in [2.75, 3.05) is 16.0 Å². The summed E-state index contributed by atoms with van der Waals surface area (Å²) in [5.41, 5.74) is 2.73. The van der Waals surface area contributed by atoms with Gasteiger partial charge in [0.25, 0.3) is 5.91 Å². The minimum Gasteiger partial charge on any atom is -0.478 e. The zero-order valence-electron chi connectivity index (χ0n) is 17.4. The van der Waals surface area contributed by atoms with Crippen molar-refractivity contribution in [3.8, 4) is 0 Å². The van der Waals surface area contributed by atoms with Crippen molar-refractivity contribution in [3.63, 3.8) is 0 Å². The van der Waals surface area contributed by atoms with Gasteiger partial charge in [0, 0.05) is 22.3 Å². The Bertz CT molecular complexity index is 1190. The van der Waals surface area contributed by atoms with E-state index in [0.29, 0.717) is 5.69 Å². The third kappa shape index (κ3) is 4.53. The van der Waals surface area contributed by atoms with E-state index in [4.69, 9.17) is 0 Å². The Kier molecular flexibility index (Phi) is 6.28. The van der Waals surface area contributed by atoms with Crippen molar-refractivity contribution in [2.24, 2.45) is 0 Å². The van der Waals surface area contributed by atoms with Crippen LogP contribution in [0.1, 0.15) is 33.2 Å². The second-order valence-electron chi connectivity index (χ2n) is 7.57. The molecule has 3 aromatic rings. The fourth-order valence-electron chi connectivity index (χ4n) is 3.89. The average molecular weight is 447 g/mol. The normalized spacial score (nSPS) is 14.7. The van der Waals surface area contributed by atoms with Crippen LogP contribution in [0, 0.1) is 0 Å². The summed E-state index contributed by atoms with van der Waals surface area (Å²) in [6.07, 6.45) is 0.853. The summed E-state index contributed by atoms with van der Waals surface area (Å²) >= 11 is 1.40. The number of aromatic carboxylic acids is 1. The van der Waals surface area contributed by atoms with E-state index in [9.17, 15) is 19.5 Å². The number of nitrogens with zero attached hydrogens (tertiary/aromatic N) is 1. The molecule has 1 aliphatic heterocycles. The molecule has 1 unspecified atom stereocenters. The van der Waals surface area contributed by atoms with Gasteiger partial charge < -0.3 is 15.3 Å². The lowest BCUT2D eigenvalue weighted by atomic mass is 10.1. The van der Waals surface area contributed by atoms with Crippen molar-refractivity contribution in [1.82, 2.24) is 0 Å². The SMILES string of the molecule is CC1Cc2ccccc2N1C(=O)CSc1cccc(NC(=O)c2ccccc2C(=O)O)c1. The van der Waals surface area contributed by atoms with Crippen LogP contribution in [0.15, 0.2) is 77.7 Å². The molecule has 0 saturated carbocycles. The molecular formula is C25H22N2O4S. The molecule has 162 valence electrons. The number of benzene rings is 3. The molecule has 0 aromatic heterocycles. The Hall–Kier alpha value is -3.58. The first-order valence-corrected chi connectivity index (χ1v) is 11.2. The average Bonchev–Trinajstić information content (AvgIpc) is 3.13. The number of carboxylic acids is 1. The summed E-state index contributed by atoms with van der Waals surface area (Å²) in [4.78, 5) is 39.6. The zero-order chi connectivity index (χ0) is 22.7. The Morgan fingerprint density at radius 2 is 1.72 bits per heavy atom. The third-order valence-electron chi connectivity index (χ3n) is 5.33. The summed E-state index contributed by atoms with van der Waals surface area (Å²) in [5.74, 6) is -1.34. The Labute approximate surface area is 190 Å². The summed E-state index contributed by atoms with van der Waals surface area (Å²) < 4.78 is 0. The van der Waals surface area contributed by atoms with Gasteiger partial charge in [-0.3, -0.25) is 9.59 Å². The van der Waals surface area contributed by atoms with E-state index in [0.717, 1.165) is 17.0 Å². The number of carbonyl (C=O) groups excluding carboxylic acids is 2. The van der Waals surface area contributed by atoms with Gasteiger partial charge in [0.2, 0.25) is 5.91 Å². The predicted molar refractivity (Wildman–Crippen MR) is 126 cm³/mol. The highest BCUT2D eigenvalue weighted by Gasteiger charge is 2.30. The molecule has 7 heteroatoms. The highest BCUT2D eigenvalue weighted by Crippen LogP contribution is 2.33. The van der Waals surface area contributed by atoms with Crippen LogP contribution < -0.4 is 10.2 Å². The second-order valence-corrected chi connectivity index (χ2v) is 8.62. The van der Waals surface area contributed by atoms with Gasteiger partial charge in [-0.05, 0) is 55.3 Å². The van der Waals surface area contributed by atoms with E-state index in [1.54, 1.807) is 30.3 Å². The van der Waals surface area contributed by atoms with Gasteiger partial charge in [0.15, 0.2) is 0 Å². The monoisotopic (exact) mass is 446 g/mol. The van der Waals surface area contributed by atoms with Gasteiger partial charge in [-0.1, -0.05) is 36.4 Å². The van der Waals surface area contributed by atoms with Gasteiger partial charge in [-0.15, -0.1) is 11.8 Å². The molecule has 3 aromatic carbocycles. The lowest BCUT2D eigenvalue weighted by molar-refractivity contribution is -0.116. The number of para-hydroxylation sites is 1. The van der Waals surface area contributed by atoms with Crippen LogP contribution in [0.3, 0.4) is 0 Å². The molecule has 0 fully saturated rings. The molecule has 4 rings (SSSR count). The van der Waals surface area contributed by atoms with Crippen molar-refractivity contribution < 1.29 is 19.5 Å². The van der Waals surface area contributed by atoms with Gasteiger partial charge in [-0.25, -0.2) is 4.79 Å². The zero-order valence-corrected chi connectivity index (χ0v) is 18.3. The molecule has 6 nitrogen and oxygen atoms in total. The van der Waals surface area contributed by atoms with E-state index in [2.05, 4.69) is 11.4 Å². The van der Waals surface area contributed by atoms with Gasteiger partial charge >= 0.3 is 5.97 Å². The van der Waals surface area contributed by atoms with Crippen LogP contribution in [-0.2, 0) is 11.2 Å². The highest BCUT2D eigenvalue weighted by molar-refractivity contribution is 8.00. The number of hydrogen-bond donors (Lipinski definition) is 2. The van der Waals surface area contributed by atoms with E-state index >= 15 is 0 Å². The van der Waals surface area contributed by atoms with Gasteiger partial charge in [0.05, 0.1) is 16.9 Å². The smallest absolute Gasteiger partial charge is 0.336 e. The second kappa shape index (κ2) is 9.28. The first-order chi connectivity index (χ1) is 15.4. The van der Waals surface area contributed by atoms with Gasteiger partial charge in [0.1, 0.15) is 0 Å². The van der Waals surface area contributed by atoms with Crippen molar-refractivity contribution in [3.05, 3.63) is 89.5 Å². The molecule has 0 bridgehead atoms. The maximum absolute atomic E-state index is 12.9. The van der Waals surface area contributed by atoms with E-state index < -0.39 is 11.9 Å². The lowest BCUT2D eigenvalue weighted by Crippen LogP contribution is -2.36. The molecule has 0 radical (unpaired) electrons. The van der Waals surface area contributed by atoms with E-state index in [1.807, 2.05) is 36.1 Å². The number of anilines is 2. The highest BCUT2D eigenvalue weighted by atomic mass is 32.2. The maximum atomic E-state index is 12.9. The lowest BCUT2D eigenvalue weighted by Gasteiger charge is -2.22. The molecule has 0 spiro atoms. The number of carboxylic acid groups (broad SMARTS) is 1. The topological polar surface area (TPSA) is 86.7 Å². The van der Waals surface area contributed by atoms with Crippen LogP contribution in [0.5, 0.6) is 0 Å². The fraction of sp³-hybridized carbons (Fsp3) is 0.160. The Morgan fingerprint density at radius 1 is 1.00 bits per heavy atom. The Balaban J connectivity index is 1.42. The number of amides is 2. The van der Waals surface area contributed by atoms with Crippen LogP contribution >= 0.6 is 11.8 Å². The predicted octanol–water partition coefficient (Wildman–Crippen LogP) is 4.71. The largest absolute Gasteiger partial charge is 0.478 e. The summed E-state index contributed by atoms with van der Waals surface area (Å²) in [6.45, 7) is 2.05. The van der Waals surface area contributed by atoms with Crippen LogP contribution in [0.25, 0.3) is 0 Å². The van der Waals surface area contributed by atoms with Crippen molar-refractivity contribution in [1.29, 1.82) is 0 Å². The number of nitrogens with one attached hydrogen (secondary N) is 1. The molecule has 32 heavy (non-hydrogen) atoms. The quantitative estimate of drug-likeness (QED) is 0.536. The molecule has 0 aliphatic carbocycles. The minimum atomic E-state index is -1.16. The number of rotatable bonds is 6. The molecule has 1 heterocycles. The van der Waals surface area contributed by atoms with Crippen LogP contribution in [0.2, 0.25) is 0 Å². The molecule has 2 amide bonds. The van der Waals surface area contributed by atoms with E-state index in [1.165, 1.54) is 29.5 Å². The molecule has 1 atom stereocenters. The number of carbonyl (C=O) groups is 3. The number of thioether (sulfide) groups is 1. The van der Waals surface area contributed by atoms with E-state index in [-0.39, 0.29) is 28.8 Å². The van der Waals surface area contributed by atoms with Gasteiger partial charge in [-0.2, -0.15) is 0 Å².